The Labute approximate surface area is 81.9 Å². The van der Waals surface area contributed by atoms with Crippen LogP contribution in [0.4, 0.5) is 0 Å². The number of pyridine rings is 1. The van der Waals surface area contributed by atoms with Crippen molar-refractivity contribution in [2.24, 2.45) is 0 Å². The first-order valence-corrected chi connectivity index (χ1v) is 4.24. The van der Waals surface area contributed by atoms with E-state index in [1.54, 1.807) is 6.07 Å². The van der Waals surface area contributed by atoms with Crippen LogP contribution in [0.15, 0.2) is 12.3 Å². The van der Waals surface area contributed by atoms with Crippen molar-refractivity contribution in [3.63, 3.8) is 0 Å². The predicted octanol–water partition coefficient (Wildman–Crippen LogP) is 2.39. The average molecular weight is 197 g/mol. The zero-order valence-corrected chi connectivity index (χ0v) is 8.17. The van der Waals surface area contributed by atoms with Crippen molar-refractivity contribution in [1.82, 2.24) is 4.98 Å². The molecule has 0 aliphatic rings. The van der Waals surface area contributed by atoms with Gasteiger partial charge in [0.05, 0.1) is 6.10 Å². The van der Waals surface area contributed by atoms with E-state index in [9.17, 15) is 0 Å². The van der Waals surface area contributed by atoms with Crippen LogP contribution in [0.1, 0.15) is 19.5 Å². The molecular formula is C9H9ClN2O. The lowest BCUT2D eigenvalue weighted by Gasteiger charge is -2.10. The molecule has 0 atom stereocenters. The number of ether oxygens (including phenoxy) is 1. The van der Waals surface area contributed by atoms with Gasteiger partial charge in [0.25, 0.3) is 0 Å². The fraction of sp³-hybridized carbons (Fsp3) is 0.333. The highest BCUT2D eigenvalue weighted by Gasteiger charge is 2.08. The third-order valence-electron chi connectivity index (χ3n) is 1.32. The molecule has 0 N–H and O–H groups in total. The Balaban J connectivity index is 3.03. The molecule has 0 aromatic carbocycles. The van der Waals surface area contributed by atoms with Crippen molar-refractivity contribution in [1.29, 1.82) is 5.26 Å². The van der Waals surface area contributed by atoms with Gasteiger partial charge in [-0.15, -0.1) is 0 Å². The highest BCUT2D eigenvalue weighted by atomic mass is 35.5. The van der Waals surface area contributed by atoms with Crippen molar-refractivity contribution in [2.45, 2.75) is 20.0 Å². The number of nitriles is 1. The molecule has 0 radical (unpaired) electrons. The number of hydrogen-bond donors (Lipinski definition) is 0. The molecule has 0 fully saturated rings. The van der Waals surface area contributed by atoms with E-state index in [1.807, 2.05) is 19.9 Å². The molecule has 1 aromatic heterocycles. The summed E-state index contributed by atoms with van der Waals surface area (Å²) in [5.74, 6) is 0.503. The summed E-state index contributed by atoms with van der Waals surface area (Å²) in [6.07, 6.45) is 1.54. The average Bonchev–Trinajstić information content (AvgIpc) is 2.08. The number of halogens is 1. The van der Waals surface area contributed by atoms with Crippen LogP contribution in [-0.4, -0.2) is 11.1 Å². The van der Waals surface area contributed by atoms with Gasteiger partial charge >= 0.3 is 0 Å². The van der Waals surface area contributed by atoms with E-state index in [2.05, 4.69) is 4.98 Å². The van der Waals surface area contributed by atoms with Gasteiger partial charge in [-0.3, -0.25) is 0 Å². The van der Waals surface area contributed by atoms with E-state index in [4.69, 9.17) is 21.6 Å². The molecule has 0 spiro atoms. The van der Waals surface area contributed by atoms with Crippen molar-refractivity contribution < 1.29 is 4.74 Å². The molecule has 13 heavy (non-hydrogen) atoms. The Kier molecular flexibility index (Phi) is 3.10. The summed E-state index contributed by atoms with van der Waals surface area (Å²) in [6.45, 7) is 3.78. The molecule has 1 heterocycles. The lowest BCUT2D eigenvalue weighted by molar-refractivity contribution is 0.242. The standard InChI is InChI=1S/C9H9ClN2O/c1-6(2)13-8-3-4-12-7(5-11)9(8)10/h3-4,6H,1-2H3. The molecule has 1 rings (SSSR count). The van der Waals surface area contributed by atoms with E-state index in [1.165, 1.54) is 6.20 Å². The van der Waals surface area contributed by atoms with Crippen molar-refractivity contribution in [3.05, 3.63) is 23.0 Å². The highest BCUT2D eigenvalue weighted by molar-refractivity contribution is 6.32. The van der Waals surface area contributed by atoms with E-state index in [0.29, 0.717) is 5.75 Å². The maximum absolute atomic E-state index is 8.62. The Morgan fingerprint density at radius 1 is 1.62 bits per heavy atom. The molecule has 0 unspecified atom stereocenters. The fourth-order valence-electron chi connectivity index (χ4n) is 0.849. The molecule has 0 aliphatic carbocycles. The minimum absolute atomic E-state index is 0.0337. The molecule has 1 aromatic rings. The summed E-state index contributed by atoms with van der Waals surface area (Å²) in [5.41, 5.74) is 0.194. The van der Waals surface area contributed by atoms with Crippen LogP contribution in [0.5, 0.6) is 5.75 Å². The maximum Gasteiger partial charge on any atom is 0.162 e. The van der Waals surface area contributed by atoms with Gasteiger partial charge in [0.2, 0.25) is 0 Å². The second-order valence-corrected chi connectivity index (χ2v) is 3.13. The number of nitrogens with zero attached hydrogens (tertiary/aromatic N) is 2. The van der Waals surface area contributed by atoms with Gasteiger partial charge in [0.15, 0.2) is 5.69 Å². The Hall–Kier alpha value is -1.27. The summed E-state index contributed by atoms with van der Waals surface area (Å²) in [5, 5.41) is 8.90. The van der Waals surface area contributed by atoms with Gasteiger partial charge in [0, 0.05) is 12.3 Å². The number of aromatic nitrogens is 1. The molecule has 68 valence electrons. The SMILES string of the molecule is CC(C)Oc1ccnc(C#N)c1Cl. The van der Waals surface area contributed by atoms with Crippen LogP contribution in [0.3, 0.4) is 0 Å². The lowest BCUT2D eigenvalue weighted by atomic mass is 10.3. The van der Waals surface area contributed by atoms with Crippen molar-refractivity contribution in [2.75, 3.05) is 0 Å². The van der Waals surface area contributed by atoms with Gasteiger partial charge in [-0.2, -0.15) is 5.26 Å². The summed E-state index contributed by atoms with van der Waals surface area (Å²) >= 11 is 5.84. The zero-order chi connectivity index (χ0) is 9.84. The predicted molar refractivity (Wildman–Crippen MR) is 49.7 cm³/mol. The molecule has 4 heteroatoms. The largest absolute Gasteiger partial charge is 0.489 e. The van der Waals surface area contributed by atoms with Gasteiger partial charge in [0.1, 0.15) is 16.8 Å². The quantitative estimate of drug-likeness (QED) is 0.730. The summed E-state index contributed by atoms with van der Waals surface area (Å²) in [7, 11) is 0. The second kappa shape index (κ2) is 4.11. The van der Waals surface area contributed by atoms with E-state index in [-0.39, 0.29) is 16.8 Å². The molecule has 0 saturated heterocycles. The summed E-state index contributed by atoms with van der Waals surface area (Å²) in [6, 6.07) is 3.53. The van der Waals surface area contributed by atoms with Crippen LogP contribution in [0.2, 0.25) is 5.02 Å². The molecule has 0 aliphatic heterocycles. The molecule has 0 amide bonds. The summed E-state index contributed by atoms with van der Waals surface area (Å²) < 4.78 is 5.36. The van der Waals surface area contributed by atoms with Crippen molar-refractivity contribution >= 4 is 11.6 Å². The van der Waals surface area contributed by atoms with Crippen LogP contribution in [-0.2, 0) is 0 Å². The minimum atomic E-state index is 0.0337. The third-order valence-corrected chi connectivity index (χ3v) is 1.69. The third kappa shape index (κ3) is 2.33. The van der Waals surface area contributed by atoms with Crippen LogP contribution in [0.25, 0.3) is 0 Å². The van der Waals surface area contributed by atoms with Gasteiger partial charge in [-0.05, 0) is 13.8 Å². The van der Waals surface area contributed by atoms with Crippen LogP contribution >= 0.6 is 11.6 Å². The highest BCUT2D eigenvalue weighted by Crippen LogP contribution is 2.26. The smallest absolute Gasteiger partial charge is 0.162 e. The first-order chi connectivity index (χ1) is 6.15. The topological polar surface area (TPSA) is 45.9 Å². The first kappa shape index (κ1) is 9.82. The zero-order valence-electron chi connectivity index (χ0n) is 7.41. The fourth-order valence-corrected chi connectivity index (χ4v) is 1.05. The molecule has 0 bridgehead atoms. The van der Waals surface area contributed by atoms with E-state index >= 15 is 0 Å². The Morgan fingerprint density at radius 3 is 2.85 bits per heavy atom. The Bertz CT molecular complexity index is 344. The van der Waals surface area contributed by atoms with Gasteiger partial charge in [-0.25, -0.2) is 4.98 Å². The number of hydrogen-bond acceptors (Lipinski definition) is 3. The van der Waals surface area contributed by atoms with Crippen LogP contribution < -0.4 is 4.74 Å². The van der Waals surface area contributed by atoms with Gasteiger partial charge < -0.3 is 4.74 Å². The molecule has 3 nitrogen and oxygen atoms in total. The Morgan fingerprint density at radius 2 is 2.31 bits per heavy atom. The minimum Gasteiger partial charge on any atom is -0.489 e. The van der Waals surface area contributed by atoms with Crippen molar-refractivity contribution in [3.8, 4) is 11.8 Å². The second-order valence-electron chi connectivity index (χ2n) is 2.75. The maximum atomic E-state index is 8.62. The van der Waals surface area contributed by atoms with Crippen LogP contribution in [0, 0.1) is 11.3 Å². The van der Waals surface area contributed by atoms with E-state index in [0.717, 1.165) is 0 Å². The number of rotatable bonds is 2. The molecule has 0 saturated carbocycles. The first-order valence-electron chi connectivity index (χ1n) is 3.86. The normalized spacial score (nSPS) is 9.77. The molecular weight excluding hydrogens is 188 g/mol. The van der Waals surface area contributed by atoms with Gasteiger partial charge in [-0.1, -0.05) is 11.6 Å². The summed E-state index contributed by atoms with van der Waals surface area (Å²) in [4.78, 5) is 3.79. The lowest BCUT2D eigenvalue weighted by Crippen LogP contribution is -2.06. The monoisotopic (exact) mass is 196 g/mol. The van der Waals surface area contributed by atoms with E-state index < -0.39 is 0 Å².